The van der Waals surface area contributed by atoms with E-state index in [1.165, 1.54) is 11.5 Å². The number of hydrogen-bond donors (Lipinski definition) is 1. The minimum absolute atomic E-state index is 0.452. The van der Waals surface area contributed by atoms with Gasteiger partial charge in [0, 0.05) is 5.69 Å². The van der Waals surface area contributed by atoms with Gasteiger partial charge in [-0.25, -0.2) is 4.98 Å². The maximum atomic E-state index is 5.66. The third-order valence-corrected chi connectivity index (χ3v) is 2.75. The normalized spacial score (nSPS) is 11.3. The van der Waals surface area contributed by atoms with Crippen LogP contribution in [0.5, 0.6) is 0 Å². The Hall–Kier alpha value is -1.16. The van der Waals surface area contributed by atoms with E-state index in [9.17, 15) is 0 Å². The summed E-state index contributed by atoms with van der Waals surface area (Å²) in [7, 11) is 0. The molecule has 2 aromatic heterocycles. The summed E-state index contributed by atoms with van der Waals surface area (Å²) in [4.78, 5) is 5.41. The summed E-state index contributed by atoms with van der Waals surface area (Å²) in [5.41, 5.74) is 6.76. The van der Waals surface area contributed by atoms with Gasteiger partial charge >= 0.3 is 0 Å². The molecular formula is C9H11N3S. The fourth-order valence-corrected chi connectivity index (χ4v) is 1.88. The van der Waals surface area contributed by atoms with Crippen LogP contribution in [-0.4, -0.2) is 9.36 Å². The van der Waals surface area contributed by atoms with Crippen molar-refractivity contribution in [1.82, 2.24) is 9.36 Å². The maximum Gasteiger partial charge on any atom is 0.146 e. The topological polar surface area (TPSA) is 51.8 Å². The Labute approximate surface area is 80.8 Å². The predicted octanol–water partition coefficient (Wildman–Crippen LogP) is 2.40. The third kappa shape index (κ3) is 1.37. The van der Waals surface area contributed by atoms with E-state index in [0.29, 0.717) is 11.7 Å². The lowest BCUT2D eigenvalue weighted by Gasteiger charge is -2.02. The van der Waals surface area contributed by atoms with Crippen molar-refractivity contribution in [3.05, 3.63) is 17.8 Å². The molecule has 3 nitrogen and oxygen atoms in total. The van der Waals surface area contributed by atoms with Gasteiger partial charge in [0.2, 0.25) is 0 Å². The number of aromatic nitrogens is 2. The van der Waals surface area contributed by atoms with Crippen LogP contribution in [0.1, 0.15) is 25.5 Å². The molecule has 0 aliphatic rings. The molecule has 0 aromatic carbocycles. The molecule has 0 atom stereocenters. The summed E-state index contributed by atoms with van der Waals surface area (Å²) in [5, 5.41) is 0.967. The summed E-state index contributed by atoms with van der Waals surface area (Å²) >= 11 is 1.36. The van der Waals surface area contributed by atoms with Crippen molar-refractivity contribution in [3.63, 3.8) is 0 Å². The molecule has 2 aromatic rings. The molecule has 0 aliphatic carbocycles. The van der Waals surface area contributed by atoms with E-state index in [-0.39, 0.29) is 0 Å². The highest BCUT2D eigenvalue weighted by molar-refractivity contribution is 7.13. The number of fused-ring (bicyclic) bond motifs is 1. The predicted molar refractivity (Wildman–Crippen MR) is 55.9 cm³/mol. The molecule has 0 saturated heterocycles. The van der Waals surface area contributed by atoms with Crippen molar-refractivity contribution >= 4 is 27.6 Å². The second kappa shape index (κ2) is 2.96. The minimum Gasteiger partial charge on any atom is -0.382 e. The van der Waals surface area contributed by atoms with Crippen LogP contribution in [0.3, 0.4) is 0 Å². The van der Waals surface area contributed by atoms with Crippen molar-refractivity contribution < 1.29 is 0 Å². The number of nitrogens with zero attached hydrogens (tertiary/aromatic N) is 2. The van der Waals surface area contributed by atoms with Gasteiger partial charge < -0.3 is 5.73 Å². The Morgan fingerprint density at radius 3 is 2.85 bits per heavy atom. The molecule has 4 heteroatoms. The second-order valence-corrected chi connectivity index (χ2v) is 4.06. The van der Waals surface area contributed by atoms with Crippen LogP contribution in [0.25, 0.3) is 10.2 Å². The van der Waals surface area contributed by atoms with Crippen LogP contribution in [0, 0.1) is 0 Å². The molecule has 68 valence electrons. The first-order valence-electron chi connectivity index (χ1n) is 4.20. The van der Waals surface area contributed by atoms with Crippen LogP contribution in [0.15, 0.2) is 12.1 Å². The number of hydrogen-bond acceptors (Lipinski definition) is 4. The molecule has 0 aliphatic heterocycles. The number of nitrogen functional groups attached to an aromatic ring is 1. The first-order valence-corrected chi connectivity index (χ1v) is 4.97. The number of rotatable bonds is 1. The lowest BCUT2D eigenvalue weighted by Crippen LogP contribution is -1.91. The van der Waals surface area contributed by atoms with Gasteiger partial charge in [-0.15, -0.1) is 0 Å². The van der Waals surface area contributed by atoms with Gasteiger partial charge in [-0.3, -0.25) is 0 Å². The van der Waals surface area contributed by atoms with Gasteiger partial charge in [-0.2, -0.15) is 4.37 Å². The highest BCUT2D eigenvalue weighted by atomic mass is 32.1. The number of anilines is 1. The summed E-state index contributed by atoms with van der Waals surface area (Å²) in [5.74, 6) is 1.04. The standard InChI is InChI=1S/C9H11N3S/c1-5(2)7-4-3-6-8(10)12-13-9(6)11-7/h3-5H,1-2H3,(H2,10,12). The average Bonchev–Trinajstić information content (AvgIpc) is 2.47. The smallest absolute Gasteiger partial charge is 0.146 e. The van der Waals surface area contributed by atoms with E-state index < -0.39 is 0 Å². The fourth-order valence-electron chi connectivity index (χ4n) is 1.18. The van der Waals surface area contributed by atoms with Crippen LogP contribution >= 0.6 is 11.5 Å². The van der Waals surface area contributed by atoms with Gasteiger partial charge in [0.25, 0.3) is 0 Å². The zero-order chi connectivity index (χ0) is 9.42. The summed E-state index contributed by atoms with van der Waals surface area (Å²) < 4.78 is 4.05. The molecule has 0 radical (unpaired) electrons. The van der Waals surface area contributed by atoms with E-state index in [0.717, 1.165) is 15.9 Å². The van der Waals surface area contributed by atoms with Gasteiger partial charge in [0.05, 0.1) is 5.39 Å². The Balaban J connectivity index is 2.63. The van der Waals surface area contributed by atoms with Crippen molar-refractivity contribution in [2.24, 2.45) is 0 Å². The van der Waals surface area contributed by atoms with Crippen molar-refractivity contribution in [3.8, 4) is 0 Å². The quantitative estimate of drug-likeness (QED) is 0.756. The highest BCUT2D eigenvalue weighted by Gasteiger charge is 2.06. The summed E-state index contributed by atoms with van der Waals surface area (Å²) in [6.07, 6.45) is 0. The van der Waals surface area contributed by atoms with Gasteiger partial charge in [-0.05, 0) is 29.6 Å². The molecule has 2 N–H and O–H groups in total. The molecule has 0 bridgehead atoms. The molecule has 0 amide bonds. The average molecular weight is 193 g/mol. The van der Waals surface area contributed by atoms with Crippen molar-refractivity contribution in [2.45, 2.75) is 19.8 Å². The summed E-state index contributed by atoms with van der Waals surface area (Å²) in [6.45, 7) is 4.25. The van der Waals surface area contributed by atoms with Gasteiger partial charge in [0.1, 0.15) is 10.6 Å². The van der Waals surface area contributed by atoms with E-state index in [4.69, 9.17) is 5.73 Å². The molecule has 2 rings (SSSR count). The van der Waals surface area contributed by atoms with E-state index >= 15 is 0 Å². The van der Waals surface area contributed by atoms with Crippen LogP contribution < -0.4 is 5.73 Å². The zero-order valence-electron chi connectivity index (χ0n) is 7.61. The maximum absolute atomic E-state index is 5.66. The Morgan fingerprint density at radius 1 is 1.38 bits per heavy atom. The highest BCUT2D eigenvalue weighted by Crippen LogP contribution is 2.24. The fraction of sp³-hybridized carbons (Fsp3) is 0.333. The van der Waals surface area contributed by atoms with Crippen molar-refractivity contribution in [1.29, 1.82) is 0 Å². The van der Waals surface area contributed by atoms with Gasteiger partial charge in [-0.1, -0.05) is 13.8 Å². The first-order chi connectivity index (χ1) is 6.18. The zero-order valence-corrected chi connectivity index (χ0v) is 8.43. The Bertz CT molecular complexity index is 433. The molecule has 0 fully saturated rings. The molecule has 0 spiro atoms. The lowest BCUT2D eigenvalue weighted by atomic mass is 10.1. The lowest BCUT2D eigenvalue weighted by molar-refractivity contribution is 0.831. The Morgan fingerprint density at radius 2 is 2.15 bits per heavy atom. The Kier molecular flexibility index (Phi) is 1.92. The largest absolute Gasteiger partial charge is 0.382 e. The van der Waals surface area contributed by atoms with Gasteiger partial charge in [0.15, 0.2) is 0 Å². The molecule has 2 heterocycles. The van der Waals surface area contributed by atoms with Crippen molar-refractivity contribution in [2.75, 3.05) is 5.73 Å². The molecular weight excluding hydrogens is 182 g/mol. The molecule has 13 heavy (non-hydrogen) atoms. The minimum atomic E-state index is 0.452. The molecule has 0 unspecified atom stereocenters. The van der Waals surface area contributed by atoms with E-state index in [1.807, 2.05) is 12.1 Å². The van der Waals surface area contributed by atoms with E-state index in [1.54, 1.807) is 0 Å². The second-order valence-electron chi connectivity index (χ2n) is 3.31. The van der Waals surface area contributed by atoms with Crippen LogP contribution in [0.4, 0.5) is 5.82 Å². The summed E-state index contributed by atoms with van der Waals surface area (Å²) in [6, 6.07) is 4.01. The first kappa shape index (κ1) is 8.44. The number of pyridine rings is 1. The van der Waals surface area contributed by atoms with Crippen LogP contribution in [0.2, 0.25) is 0 Å². The van der Waals surface area contributed by atoms with E-state index in [2.05, 4.69) is 23.2 Å². The number of nitrogens with two attached hydrogens (primary N) is 1. The van der Waals surface area contributed by atoms with Crippen LogP contribution in [-0.2, 0) is 0 Å². The monoisotopic (exact) mass is 193 g/mol. The molecule has 0 saturated carbocycles. The third-order valence-electron chi connectivity index (χ3n) is 1.98. The SMILES string of the molecule is CC(C)c1ccc2c(N)nsc2n1.